The Labute approximate surface area is 122 Å². The zero-order chi connectivity index (χ0) is 14.8. The standard InChI is InChI=1S/C16H16N4O/c1-2-13-16(17)18-14-9-8-12(10-20(13)14)15(19-21)11-6-4-3-5-7-11/h3-10,21H,2,17H2,1H3/b19-15-. The summed E-state index contributed by atoms with van der Waals surface area (Å²) < 4.78 is 1.94. The highest BCUT2D eigenvalue weighted by Gasteiger charge is 2.12. The van der Waals surface area contributed by atoms with Gasteiger partial charge in [0.2, 0.25) is 0 Å². The summed E-state index contributed by atoms with van der Waals surface area (Å²) >= 11 is 0. The number of aromatic nitrogens is 2. The molecular weight excluding hydrogens is 264 g/mol. The lowest BCUT2D eigenvalue weighted by Gasteiger charge is -2.07. The molecule has 0 aliphatic rings. The number of rotatable bonds is 3. The number of aryl methyl sites for hydroxylation is 1. The first-order valence-corrected chi connectivity index (χ1v) is 6.79. The smallest absolute Gasteiger partial charge is 0.145 e. The molecule has 5 heteroatoms. The van der Waals surface area contributed by atoms with E-state index in [4.69, 9.17) is 5.73 Å². The second-order valence-electron chi connectivity index (χ2n) is 4.76. The summed E-state index contributed by atoms with van der Waals surface area (Å²) in [6, 6.07) is 13.3. The van der Waals surface area contributed by atoms with E-state index in [1.807, 2.05) is 60.0 Å². The molecule has 106 valence electrons. The number of nitrogens with zero attached hydrogens (tertiary/aromatic N) is 3. The highest BCUT2D eigenvalue weighted by Crippen LogP contribution is 2.18. The van der Waals surface area contributed by atoms with Crippen LogP contribution in [0.4, 0.5) is 5.82 Å². The number of anilines is 1. The SMILES string of the molecule is CCc1c(N)nc2ccc(/C(=N\O)c3ccccc3)cn12. The minimum Gasteiger partial charge on any atom is -0.410 e. The predicted octanol–water partition coefficient (Wildman–Crippen LogP) is 2.71. The van der Waals surface area contributed by atoms with Crippen LogP contribution >= 0.6 is 0 Å². The maximum atomic E-state index is 9.38. The number of hydrogen-bond donors (Lipinski definition) is 2. The Hall–Kier alpha value is -2.82. The largest absolute Gasteiger partial charge is 0.410 e. The Kier molecular flexibility index (Phi) is 3.31. The molecule has 2 aromatic heterocycles. The van der Waals surface area contributed by atoms with E-state index < -0.39 is 0 Å². The van der Waals surface area contributed by atoms with Gasteiger partial charge in [-0.15, -0.1) is 0 Å². The van der Waals surface area contributed by atoms with Crippen molar-refractivity contribution in [2.75, 3.05) is 5.73 Å². The van der Waals surface area contributed by atoms with Crippen LogP contribution in [0, 0.1) is 0 Å². The molecule has 3 aromatic rings. The molecule has 0 aliphatic carbocycles. The van der Waals surface area contributed by atoms with Crippen molar-refractivity contribution >= 4 is 17.2 Å². The van der Waals surface area contributed by atoms with Gasteiger partial charge in [0, 0.05) is 17.3 Å². The minimum atomic E-state index is 0.520. The quantitative estimate of drug-likeness (QED) is 0.440. The van der Waals surface area contributed by atoms with E-state index in [2.05, 4.69) is 10.1 Å². The molecule has 2 heterocycles. The number of oxime groups is 1. The fraction of sp³-hybridized carbons (Fsp3) is 0.125. The Morgan fingerprint density at radius 1 is 1.19 bits per heavy atom. The maximum absolute atomic E-state index is 9.38. The summed E-state index contributed by atoms with van der Waals surface area (Å²) in [5.41, 5.74) is 9.85. The van der Waals surface area contributed by atoms with E-state index in [0.717, 1.165) is 28.9 Å². The molecule has 3 N–H and O–H groups in total. The highest BCUT2D eigenvalue weighted by molar-refractivity contribution is 6.12. The molecule has 0 radical (unpaired) electrons. The van der Waals surface area contributed by atoms with Crippen molar-refractivity contribution in [2.24, 2.45) is 5.16 Å². The second-order valence-corrected chi connectivity index (χ2v) is 4.76. The van der Waals surface area contributed by atoms with Crippen molar-refractivity contribution < 1.29 is 5.21 Å². The molecule has 1 aromatic carbocycles. The Morgan fingerprint density at radius 3 is 2.62 bits per heavy atom. The van der Waals surface area contributed by atoms with Crippen LogP contribution < -0.4 is 5.73 Å². The Bertz CT molecular complexity index is 806. The zero-order valence-corrected chi connectivity index (χ0v) is 11.7. The third-order valence-electron chi connectivity index (χ3n) is 3.50. The zero-order valence-electron chi connectivity index (χ0n) is 11.7. The number of hydrogen-bond acceptors (Lipinski definition) is 4. The van der Waals surface area contributed by atoms with Gasteiger partial charge >= 0.3 is 0 Å². The average Bonchev–Trinajstić information content (AvgIpc) is 2.83. The van der Waals surface area contributed by atoms with Crippen molar-refractivity contribution in [3.8, 4) is 0 Å². The van der Waals surface area contributed by atoms with Crippen molar-refractivity contribution in [2.45, 2.75) is 13.3 Å². The van der Waals surface area contributed by atoms with Gasteiger partial charge < -0.3 is 15.3 Å². The van der Waals surface area contributed by atoms with Crippen LogP contribution in [0.15, 0.2) is 53.8 Å². The van der Waals surface area contributed by atoms with Gasteiger partial charge in [-0.1, -0.05) is 42.4 Å². The number of pyridine rings is 1. The van der Waals surface area contributed by atoms with Crippen molar-refractivity contribution in [1.29, 1.82) is 0 Å². The Morgan fingerprint density at radius 2 is 1.95 bits per heavy atom. The topological polar surface area (TPSA) is 75.9 Å². The summed E-state index contributed by atoms with van der Waals surface area (Å²) in [6.07, 6.45) is 2.69. The van der Waals surface area contributed by atoms with Gasteiger partial charge in [0.15, 0.2) is 0 Å². The van der Waals surface area contributed by atoms with Crippen LogP contribution in [0.3, 0.4) is 0 Å². The third kappa shape index (κ3) is 2.23. The van der Waals surface area contributed by atoms with Crippen molar-refractivity contribution in [3.63, 3.8) is 0 Å². The summed E-state index contributed by atoms with van der Waals surface area (Å²) in [7, 11) is 0. The van der Waals surface area contributed by atoms with Gasteiger partial charge in [0.1, 0.15) is 17.2 Å². The van der Waals surface area contributed by atoms with E-state index in [-0.39, 0.29) is 0 Å². The van der Waals surface area contributed by atoms with Crippen LogP contribution in [-0.2, 0) is 6.42 Å². The van der Waals surface area contributed by atoms with Crippen molar-refractivity contribution in [3.05, 3.63) is 65.5 Å². The van der Waals surface area contributed by atoms with Crippen LogP contribution in [0.1, 0.15) is 23.7 Å². The monoisotopic (exact) mass is 280 g/mol. The molecule has 0 bridgehead atoms. The molecule has 5 nitrogen and oxygen atoms in total. The summed E-state index contributed by atoms with van der Waals surface area (Å²) in [5, 5.41) is 12.8. The lowest BCUT2D eigenvalue weighted by molar-refractivity contribution is 0.319. The molecule has 0 amide bonds. The van der Waals surface area contributed by atoms with E-state index in [9.17, 15) is 5.21 Å². The van der Waals surface area contributed by atoms with Gasteiger partial charge in [0.25, 0.3) is 0 Å². The fourth-order valence-corrected chi connectivity index (χ4v) is 2.48. The molecule has 0 unspecified atom stereocenters. The van der Waals surface area contributed by atoms with E-state index >= 15 is 0 Å². The molecule has 0 spiro atoms. The van der Waals surface area contributed by atoms with Gasteiger partial charge in [0.05, 0.1) is 5.69 Å². The number of nitrogens with two attached hydrogens (primary N) is 1. The molecule has 0 saturated carbocycles. The van der Waals surface area contributed by atoms with E-state index in [1.165, 1.54) is 0 Å². The average molecular weight is 280 g/mol. The molecule has 0 aliphatic heterocycles. The minimum absolute atomic E-state index is 0.520. The Balaban J connectivity index is 2.16. The second kappa shape index (κ2) is 5.28. The normalized spacial score (nSPS) is 12.0. The first-order chi connectivity index (χ1) is 10.2. The van der Waals surface area contributed by atoms with Crippen LogP contribution in [0.25, 0.3) is 5.65 Å². The number of imidazole rings is 1. The summed E-state index contributed by atoms with van der Waals surface area (Å²) in [5.74, 6) is 0.539. The molecule has 21 heavy (non-hydrogen) atoms. The number of fused-ring (bicyclic) bond motifs is 1. The van der Waals surface area contributed by atoms with E-state index in [1.54, 1.807) is 0 Å². The lowest BCUT2D eigenvalue weighted by Crippen LogP contribution is -2.05. The summed E-state index contributed by atoms with van der Waals surface area (Å²) in [6.45, 7) is 2.03. The van der Waals surface area contributed by atoms with Gasteiger partial charge in [-0.3, -0.25) is 0 Å². The lowest BCUT2D eigenvalue weighted by atomic mass is 10.0. The van der Waals surface area contributed by atoms with Gasteiger partial charge in [-0.25, -0.2) is 4.98 Å². The number of nitrogen functional groups attached to an aromatic ring is 1. The van der Waals surface area contributed by atoms with E-state index in [0.29, 0.717) is 11.5 Å². The fourth-order valence-electron chi connectivity index (χ4n) is 2.48. The van der Waals surface area contributed by atoms with Crippen LogP contribution in [-0.4, -0.2) is 20.3 Å². The molecular formula is C16H16N4O. The van der Waals surface area contributed by atoms with Crippen molar-refractivity contribution in [1.82, 2.24) is 9.38 Å². The highest BCUT2D eigenvalue weighted by atomic mass is 16.4. The first-order valence-electron chi connectivity index (χ1n) is 6.79. The molecule has 3 rings (SSSR count). The van der Waals surface area contributed by atoms with Gasteiger partial charge in [-0.2, -0.15) is 0 Å². The summed E-state index contributed by atoms with van der Waals surface area (Å²) in [4.78, 5) is 4.32. The molecule has 0 atom stereocenters. The molecule has 0 saturated heterocycles. The molecule has 0 fully saturated rings. The maximum Gasteiger partial charge on any atom is 0.145 e. The first kappa shape index (κ1) is 13.2. The van der Waals surface area contributed by atoms with Crippen LogP contribution in [0.5, 0.6) is 0 Å². The number of benzene rings is 1. The predicted molar refractivity (Wildman–Crippen MR) is 82.8 cm³/mol. The van der Waals surface area contributed by atoms with Crippen LogP contribution in [0.2, 0.25) is 0 Å². The van der Waals surface area contributed by atoms with Gasteiger partial charge in [-0.05, 0) is 18.6 Å². The third-order valence-corrected chi connectivity index (χ3v) is 3.50.